The van der Waals surface area contributed by atoms with Crippen LogP contribution < -0.4 is 0 Å². The van der Waals surface area contributed by atoms with Crippen molar-refractivity contribution in [2.45, 2.75) is 31.8 Å². The fourth-order valence-corrected chi connectivity index (χ4v) is 3.18. The van der Waals surface area contributed by atoms with Crippen LogP contribution in [0.25, 0.3) is 10.9 Å². The molecule has 25 heavy (non-hydrogen) atoms. The Hall–Kier alpha value is -2.69. The number of rotatable bonds is 5. The van der Waals surface area contributed by atoms with Crippen molar-refractivity contribution in [1.29, 1.82) is 0 Å². The van der Waals surface area contributed by atoms with Gasteiger partial charge in [-0.05, 0) is 30.5 Å². The van der Waals surface area contributed by atoms with E-state index in [4.69, 9.17) is 0 Å². The summed E-state index contributed by atoms with van der Waals surface area (Å²) in [5.74, 6) is -1.24. The Labute approximate surface area is 144 Å². The number of carbonyl (C=O) groups is 1. The highest BCUT2D eigenvalue weighted by molar-refractivity contribution is 5.89. The summed E-state index contributed by atoms with van der Waals surface area (Å²) < 4.78 is 27.1. The number of para-hydroxylation sites is 1. The van der Waals surface area contributed by atoms with Crippen LogP contribution in [0.4, 0.5) is 8.78 Å². The number of hydrogen-bond donors (Lipinski definition) is 1. The maximum absolute atomic E-state index is 14.0. The summed E-state index contributed by atoms with van der Waals surface area (Å²) in [5, 5.41) is 1.03. The molecule has 0 radical (unpaired) electrons. The van der Waals surface area contributed by atoms with E-state index in [1.807, 2.05) is 30.5 Å². The van der Waals surface area contributed by atoms with Crippen molar-refractivity contribution in [2.24, 2.45) is 0 Å². The van der Waals surface area contributed by atoms with Crippen molar-refractivity contribution in [3.05, 3.63) is 71.4 Å². The molecule has 5 heteroatoms. The predicted molar refractivity (Wildman–Crippen MR) is 91.9 cm³/mol. The molecule has 1 aliphatic carbocycles. The number of hydrogen-bond acceptors (Lipinski definition) is 1. The van der Waals surface area contributed by atoms with E-state index in [9.17, 15) is 13.6 Å². The molecular formula is C20H18F2N2O. The van der Waals surface area contributed by atoms with E-state index >= 15 is 0 Å². The van der Waals surface area contributed by atoms with Gasteiger partial charge in [0.15, 0.2) is 0 Å². The third-order valence-electron chi connectivity index (χ3n) is 4.68. The number of fused-ring (bicyclic) bond motifs is 1. The molecule has 128 valence electrons. The van der Waals surface area contributed by atoms with Gasteiger partial charge < -0.3 is 9.88 Å². The molecule has 0 saturated heterocycles. The van der Waals surface area contributed by atoms with Gasteiger partial charge in [0.1, 0.15) is 11.6 Å². The quantitative estimate of drug-likeness (QED) is 0.743. The Kier molecular flexibility index (Phi) is 3.99. The number of aromatic nitrogens is 1. The van der Waals surface area contributed by atoms with Gasteiger partial charge in [0, 0.05) is 41.3 Å². The normalized spacial score (nSPS) is 14.0. The number of halogens is 2. The number of benzene rings is 2. The number of carbonyl (C=O) groups excluding carboxylic acids is 1. The summed E-state index contributed by atoms with van der Waals surface area (Å²) in [7, 11) is 0. The molecule has 3 aromatic rings. The van der Waals surface area contributed by atoms with E-state index in [2.05, 4.69) is 4.98 Å². The van der Waals surface area contributed by atoms with Gasteiger partial charge in [-0.25, -0.2) is 8.78 Å². The Morgan fingerprint density at radius 3 is 2.68 bits per heavy atom. The zero-order valence-electron chi connectivity index (χ0n) is 13.6. The molecule has 0 aliphatic heterocycles. The van der Waals surface area contributed by atoms with E-state index in [0.717, 1.165) is 35.4 Å². The lowest BCUT2D eigenvalue weighted by Gasteiger charge is -2.23. The molecule has 4 rings (SSSR count). The van der Waals surface area contributed by atoms with Gasteiger partial charge in [-0.3, -0.25) is 4.79 Å². The van der Waals surface area contributed by atoms with Crippen molar-refractivity contribution in [3.63, 3.8) is 0 Å². The van der Waals surface area contributed by atoms with Gasteiger partial charge in [-0.1, -0.05) is 24.3 Å². The molecule has 0 bridgehead atoms. The third kappa shape index (κ3) is 3.27. The third-order valence-corrected chi connectivity index (χ3v) is 4.68. The van der Waals surface area contributed by atoms with Crippen LogP contribution in [0.15, 0.2) is 48.7 Å². The van der Waals surface area contributed by atoms with Crippen molar-refractivity contribution < 1.29 is 13.6 Å². The van der Waals surface area contributed by atoms with Crippen LogP contribution in [0.1, 0.15) is 24.0 Å². The molecule has 3 nitrogen and oxygen atoms in total. The molecule has 0 atom stereocenters. The summed E-state index contributed by atoms with van der Waals surface area (Å²) in [6.45, 7) is 0.179. The number of amides is 1. The van der Waals surface area contributed by atoms with E-state index < -0.39 is 11.6 Å². The first-order valence-electron chi connectivity index (χ1n) is 8.40. The molecule has 1 amide bonds. The lowest BCUT2D eigenvalue weighted by Crippen LogP contribution is -2.34. The Bertz CT molecular complexity index is 930. The lowest BCUT2D eigenvalue weighted by molar-refractivity contribution is -0.131. The Morgan fingerprint density at radius 2 is 1.92 bits per heavy atom. The first-order valence-corrected chi connectivity index (χ1v) is 8.40. The topological polar surface area (TPSA) is 36.1 Å². The maximum atomic E-state index is 14.0. The molecule has 0 spiro atoms. The maximum Gasteiger partial charge on any atom is 0.227 e. The summed E-state index contributed by atoms with van der Waals surface area (Å²) >= 11 is 0. The second-order valence-electron chi connectivity index (χ2n) is 6.52. The van der Waals surface area contributed by atoms with Crippen LogP contribution >= 0.6 is 0 Å². The van der Waals surface area contributed by atoms with E-state index in [1.54, 1.807) is 4.90 Å². The van der Waals surface area contributed by atoms with E-state index in [1.165, 1.54) is 12.1 Å². The highest BCUT2D eigenvalue weighted by Crippen LogP contribution is 2.30. The molecule has 2 aromatic carbocycles. The fourth-order valence-electron chi connectivity index (χ4n) is 3.18. The zero-order valence-corrected chi connectivity index (χ0v) is 13.6. The average Bonchev–Trinajstić information content (AvgIpc) is 3.36. The van der Waals surface area contributed by atoms with Crippen LogP contribution in [-0.2, 0) is 17.8 Å². The summed E-state index contributed by atoms with van der Waals surface area (Å²) in [5.41, 5.74) is 2.28. The van der Waals surface area contributed by atoms with Gasteiger partial charge in [0.25, 0.3) is 0 Å². The smallest absolute Gasteiger partial charge is 0.227 e. The summed E-state index contributed by atoms with van der Waals surface area (Å²) in [4.78, 5) is 17.7. The van der Waals surface area contributed by atoms with Crippen LogP contribution in [0.2, 0.25) is 0 Å². The van der Waals surface area contributed by atoms with Crippen molar-refractivity contribution >= 4 is 16.8 Å². The van der Waals surface area contributed by atoms with Crippen LogP contribution in [0, 0.1) is 11.6 Å². The molecule has 1 aliphatic rings. The molecule has 0 unspecified atom stereocenters. The van der Waals surface area contributed by atoms with Gasteiger partial charge in [0.05, 0.1) is 6.42 Å². The standard InChI is InChI=1S/C20H18F2N2O/c21-15-6-5-13(18(22)10-15)12-24(16-7-8-16)20(25)9-14-11-23-19-4-2-1-3-17(14)19/h1-6,10-11,16,23H,7-9,12H2. The number of H-pyrrole nitrogens is 1. The van der Waals surface area contributed by atoms with Gasteiger partial charge >= 0.3 is 0 Å². The molecule has 1 heterocycles. The molecule has 1 aromatic heterocycles. The molecular weight excluding hydrogens is 322 g/mol. The number of nitrogens with one attached hydrogen (secondary N) is 1. The van der Waals surface area contributed by atoms with Gasteiger partial charge in [0.2, 0.25) is 5.91 Å². The lowest BCUT2D eigenvalue weighted by atomic mass is 10.1. The number of aromatic amines is 1. The van der Waals surface area contributed by atoms with Crippen LogP contribution in [0.3, 0.4) is 0 Å². The minimum absolute atomic E-state index is 0.0315. The minimum Gasteiger partial charge on any atom is -0.361 e. The first kappa shape index (κ1) is 15.8. The van der Waals surface area contributed by atoms with Crippen molar-refractivity contribution in [1.82, 2.24) is 9.88 Å². The van der Waals surface area contributed by atoms with Gasteiger partial charge in [-0.2, -0.15) is 0 Å². The van der Waals surface area contributed by atoms with Crippen molar-refractivity contribution in [2.75, 3.05) is 0 Å². The minimum atomic E-state index is -0.607. The second-order valence-corrected chi connectivity index (χ2v) is 6.52. The molecule has 1 fully saturated rings. The van der Waals surface area contributed by atoms with Crippen molar-refractivity contribution in [3.8, 4) is 0 Å². The zero-order chi connectivity index (χ0) is 17.4. The molecule has 1 saturated carbocycles. The monoisotopic (exact) mass is 340 g/mol. The summed E-state index contributed by atoms with van der Waals surface area (Å²) in [6, 6.07) is 11.5. The highest BCUT2D eigenvalue weighted by atomic mass is 19.1. The van der Waals surface area contributed by atoms with Gasteiger partial charge in [-0.15, -0.1) is 0 Å². The number of nitrogens with zero attached hydrogens (tertiary/aromatic N) is 1. The SMILES string of the molecule is O=C(Cc1c[nH]c2ccccc12)N(Cc1ccc(F)cc1F)C1CC1. The van der Waals surface area contributed by atoms with Crippen LogP contribution in [0.5, 0.6) is 0 Å². The van der Waals surface area contributed by atoms with Crippen LogP contribution in [-0.4, -0.2) is 21.8 Å². The van der Waals surface area contributed by atoms with E-state index in [-0.39, 0.29) is 24.9 Å². The largest absolute Gasteiger partial charge is 0.361 e. The fraction of sp³-hybridized carbons (Fsp3) is 0.250. The summed E-state index contributed by atoms with van der Waals surface area (Å²) in [6.07, 6.45) is 3.99. The Balaban J connectivity index is 1.55. The first-order chi connectivity index (χ1) is 12.1. The average molecular weight is 340 g/mol. The highest BCUT2D eigenvalue weighted by Gasteiger charge is 2.33. The molecule has 1 N–H and O–H groups in total. The predicted octanol–water partition coefficient (Wildman–Crippen LogP) is 4.18. The van der Waals surface area contributed by atoms with E-state index in [0.29, 0.717) is 5.56 Å². The Morgan fingerprint density at radius 1 is 1.12 bits per heavy atom. The second kappa shape index (κ2) is 6.31.